The summed E-state index contributed by atoms with van der Waals surface area (Å²) in [6, 6.07) is 16.1. The van der Waals surface area contributed by atoms with Gasteiger partial charge < -0.3 is 18.9 Å². The first kappa shape index (κ1) is 16.8. The summed E-state index contributed by atoms with van der Waals surface area (Å²) in [7, 11) is 1.57. The molecule has 0 bridgehead atoms. The molecule has 2 aromatic carbocycles. The van der Waals surface area contributed by atoms with Crippen LogP contribution in [-0.4, -0.2) is 42.3 Å². The molecule has 1 saturated heterocycles. The molecule has 3 aromatic rings. The van der Waals surface area contributed by atoms with Gasteiger partial charge in [-0.3, -0.25) is 4.79 Å². The number of carbonyl (C=O) groups excluding carboxylic acids is 1. The maximum Gasteiger partial charge on any atom is 0.276 e. The van der Waals surface area contributed by atoms with Crippen molar-refractivity contribution in [2.24, 2.45) is 0 Å². The highest BCUT2D eigenvalue weighted by atomic mass is 16.5. The number of benzene rings is 2. The Hall–Kier alpha value is -2.70. The van der Waals surface area contributed by atoms with E-state index in [1.165, 1.54) is 10.8 Å². The summed E-state index contributed by atoms with van der Waals surface area (Å²) >= 11 is 0. The smallest absolute Gasteiger partial charge is 0.276 e. The molecule has 1 amide bonds. The van der Waals surface area contributed by atoms with Crippen LogP contribution in [0.5, 0.6) is 0 Å². The highest BCUT2D eigenvalue weighted by molar-refractivity contribution is 5.92. The molecule has 26 heavy (non-hydrogen) atoms. The molecule has 6 nitrogen and oxygen atoms in total. The van der Waals surface area contributed by atoms with E-state index in [1.807, 2.05) is 18.2 Å². The second kappa shape index (κ2) is 7.27. The molecule has 134 valence electrons. The third kappa shape index (κ3) is 3.34. The molecule has 0 radical (unpaired) electrons. The minimum absolute atomic E-state index is 0.0447. The molecule has 0 saturated carbocycles. The lowest BCUT2D eigenvalue weighted by Crippen LogP contribution is -2.54. The fourth-order valence-electron chi connectivity index (χ4n) is 3.12. The van der Waals surface area contributed by atoms with Gasteiger partial charge in [0, 0.05) is 26.3 Å². The molecule has 1 aliphatic heterocycles. The number of carbonyl (C=O) groups is 1. The number of likely N-dealkylation sites (tertiary alicyclic amines) is 1. The number of ether oxygens (including phenoxy) is 2. The second-order valence-corrected chi connectivity index (χ2v) is 6.39. The zero-order valence-electron chi connectivity index (χ0n) is 14.6. The Morgan fingerprint density at radius 2 is 2.00 bits per heavy atom. The van der Waals surface area contributed by atoms with Gasteiger partial charge in [-0.05, 0) is 16.3 Å². The largest absolute Gasteiger partial charge is 0.377 e. The zero-order chi connectivity index (χ0) is 17.9. The molecular weight excluding hydrogens is 332 g/mol. The summed E-state index contributed by atoms with van der Waals surface area (Å²) < 4.78 is 16.0. The summed E-state index contributed by atoms with van der Waals surface area (Å²) in [5, 5.41) is 6.21. The van der Waals surface area contributed by atoms with E-state index in [0.29, 0.717) is 37.8 Å². The molecular formula is C20H20N2O4. The minimum Gasteiger partial charge on any atom is -0.377 e. The predicted octanol–water partition coefficient (Wildman–Crippen LogP) is 3.02. The quantitative estimate of drug-likeness (QED) is 0.682. The van der Waals surface area contributed by atoms with Gasteiger partial charge in [-0.25, -0.2) is 0 Å². The van der Waals surface area contributed by atoms with Gasteiger partial charge in [-0.2, -0.15) is 0 Å². The second-order valence-electron chi connectivity index (χ2n) is 6.39. The molecule has 0 atom stereocenters. The topological polar surface area (TPSA) is 64.8 Å². The van der Waals surface area contributed by atoms with Crippen LogP contribution in [0, 0.1) is 0 Å². The average Bonchev–Trinajstić information content (AvgIpc) is 3.09. The molecule has 0 unspecified atom stereocenters. The summed E-state index contributed by atoms with van der Waals surface area (Å²) in [6.07, 6.45) is 0.0447. The van der Waals surface area contributed by atoms with Crippen LogP contribution in [0.2, 0.25) is 0 Å². The third-order valence-electron chi connectivity index (χ3n) is 4.55. The fraction of sp³-hybridized carbons (Fsp3) is 0.300. The van der Waals surface area contributed by atoms with Gasteiger partial charge in [0.15, 0.2) is 11.5 Å². The van der Waals surface area contributed by atoms with Crippen LogP contribution in [0.4, 0.5) is 0 Å². The molecule has 0 aliphatic carbocycles. The molecule has 1 aliphatic rings. The Bertz CT molecular complexity index is 910. The Morgan fingerprint density at radius 1 is 1.19 bits per heavy atom. The Kier molecular flexibility index (Phi) is 4.69. The van der Waals surface area contributed by atoms with Crippen molar-refractivity contribution in [1.29, 1.82) is 0 Å². The SMILES string of the molecule is COCc1cc(C(=O)N2CC(OCc3cccc4ccccc34)C2)no1. The van der Waals surface area contributed by atoms with Crippen LogP contribution >= 0.6 is 0 Å². The van der Waals surface area contributed by atoms with E-state index in [9.17, 15) is 4.79 Å². The van der Waals surface area contributed by atoms with E-state index in [-0.39, 0.29) is 12.0 Å². The molecule has 1 aromatic heterocycles. The van der Waals surface area contributed by atoms with E-state index < -0.39 is 0 Å². The normalized spacial score (nSPS) is 14.6. The first-order valence-corrected chi connectivity index (χ1v) is 8.56. The number of methoxy groups -OCH3 is 1. The number of nitrogens with zero attached hydrogens (tertiary/aromatic N) is 2. The van der Waals surface area contributed by atoms with Crippen LogP contribution in [0.3, 0.4) is 0 Å². The average molecular weight is 352 g/mol. The number of fused-ring (bicyclic) bond motifs is 1. The maximum absolute atomic E-state index is 12.3. The van der Waals surface area contributed by atoms with Crippen LogP contribution in [0.15, 0.2) is 53.1 Å². The van der Waals surface area contributed by atoms with Gasteiger partial charge in [0.05, 0.1) is 12.7 Å². The van der Waals surface area contributed by atoms with Crippen LogP contribution < -0.4 is 0 Å². The van der Waals surface area contributed by atoms with Crippen molar-refractivity contribution in [3.63, 3.8) is 0 Å². The number of aromatic nitrogens is 1. The predicted molar refractivity (Wildman–Crippen MR) is 95.6 cm³/mol. The lowest BCUT2D eigenvalue weighted by Gasteiger charge is -2.38. The third-order valence-corrected chi connectivity index (χ3v) is 4.55. The lowest BCUT2D eigenvalue weighted by molar-refractivity contribution is -0.0502. The Balaban J connectivity index is 1.31. The van der Waals surface area contributed by atoms with Crippen molar-refractivity contribution >= 4 is 16.7 Å². The number of hydrogen-bond donors (Lipinski definition) is 0. The molecule has 1 fully saturated rings. The van der Waals surface area contributed by atoms with E-state index in [2.05, 4.69) is 29.4 Å². The van der Waals surface area contributed by atoms with Gasteiger partial charge in [0.1, 0.15) is 6.61 Å². The van der Waals surface area contributed by atoms with Gasteiger partial charge in [-0.1, -0.05) is 47.6 Å². The van der Waals surface area contributed by atoms with E-state index in [1.54, 1.807) is 18.1 Å². The lowest BCUT2D eigenvalue weighted by atomic mass is 10.1. The Labute approximate surface area is 151 Å². The summed E-state index contributed by atoms with van der Waals surface area (Å²) in [5.41, 5.74) is 1.47. The maximum atomic E-state index is 12.3. The number of hydrogen-bond acceptors (Lipinski definition) is 5. The van der Waals surface area contributed by atoms with Crippen LogP contribution in [0.25, 0.3) is 10.8 Å². The molecule has 2 heterocycles. The first-order valence-electron chi connectivity index (χ1n) is 8.56. The van der Waals surface area contributed by atoms with Gasteiger partial charge in [0.25, 0.3) is 5.91 Å². The van der Waals surface area contributed by atoms with Crippen molar-refractivity contribution in [1.82, 2.24) is 10.1 Å². The van der Waals surface area contributed by atoms with E-state index in [0.717, 1.165) is 5.56 Å². The number of amides is 1. The zero-order valence-corrected chi connectivity index (χ0v) is 14.6. The van der Waals surface area contributed by atoms with Crippen molar-refractivity contribution in [2.75, 3.05) is 20.2 Å². The molecule has 6 heteroatoms. The Morgan fingerprint density at radius 3 is 2.85 bits per heavy atom. The van der Waals surface area contributed by atoms with E-state index >= 15 is 0 Å². The van der Waals surface area contributed by atoms with Crippen molar-refractivity contribution < 1.29 is 18.8 Å². The van der Waals surface area contributed by atoms with Crippen LogP contribution in [-0.2, 0) is 22.7 Å². The monoisotopic (exact) mass is 352 g/mol. The summed E-state index contributed by atoms with van der Waals surface area (Å²) in [5.74, 6) is 0.404. The van der Waals surface area contributed by atoms with Gasteiger partial charge >= 0.3 is 0 Å². The van der Waals surface area contributed by atoms with Crippen LogP contribution in [0.1, 0.15) is 21.8 Å². The van der Waals surface area contributed by atoms with Crippen molar-refractivity contribution in [3.8, 4) is 0 Å². The summed E-state index contributed by atoms with van der Waals surface area (Å²) in [4.78, 5) is 14.1. The highest BCUT2D eigenvalue weighted by Gasteiger charge is 2.33. The molecule has 0 spiro atoms. The van der Waals surface area contributed by atoms with Gasteiger partial charge in [0.2, 0.25) is 0 Å². The molecule has 4 rings (SSSR count). The van der Waals surface area contributed by atoms with Crippen molar-refractivity contribution in [3.05, 3.63) is 65.5 Å². The number of rotatable bonds is 6. The summed E-state index contributed by atoms with van der Waals surface area (Å²) in [6.45, 7) is 1.97. The minimum atomic E-state index is -0.138. The van der Waals surface area contributed by atoms with Crippen molar-refractivity contribution in [2.45, 2.75) is 19.3 Å². The van der Waals surface area contributed by atoms with Gasteiger partial charge in [-0.15, -0.1) is 0 Å². The first-order chi connectivity index (χ1) is 12.7. The highest BCUT2D eigenvalue weighted by Crippen LogP contribution is 2.22. The fourth-order valence-corrected chi connectivity index (χ4v) is 3.12. The van der Waals surface area contributed by atoms with E-state index in [4.69, 9.17) is 14.0 Å². The standard InChI is InChI=1S/C20H20N2O4/c1-24-13-16-9-19(21-26-16)20(23)22-10-17(11-22)25-12-15-7-4-6-14-5-2-3-8-18(14)15/h2-9,17H,10-13H2,1H3. The molecule has 0 N–H and O–H groups in total.